The van der Waals surface area contributed by atoms with Gasteiger partial charge < -0.3 is 9.47 Å². The molecule has 1 aromatic carbocycles. The zero-order chi connectivity index (χ0) is 21.9. The summed E-state index contributed by atoms with van der Waals surface area (Å²) in [6, 6.07) is 12.1. The fraction of sp³-hybridized carbons (Fsp3) is 0.480. The van der Waals surface area contributed by atoms with E-state index in [0.717, 1.165) is 49.2 Å². The molecule has 0 bridgehead atoms. The van der Waals surface area contributed by atoms with E-state index >= 15 is 0 Å². The van der Waals surface area contributed by atoms with Gasteiger partial charge in [0.2, 0.25) is 5.88 Å². The van der Waals surface area contributed by atoms with Gasteiger partial charge in [-0.15, -0.1) is 15.3 Å². The maximum atomic E-state index is 6.09. The van der Waals surface area contributed by atoms with Gasteiger partial charge in [-0.2, -0.15) is 4.52 Å². The number of aromatic nitrogens is 4. The average Bonchev–Trinajstić information content (AvgIpc) is 3.15. The molecule has 1 saturated carbocycles. The highest BCUT2D eigenvalue weighted by molar-refractivity contribution is 5.59. The van der Waals surface area contributed by atoms with Crippen LogP contribution < -0.4 is 4.74 Å². The molecule has 7 nitrogen and oxygen atoms in total. The normalized spacial score (nSPS) is 21.7. The maximum Gasteiger partial charge on any atom is 0.236 e. The maximum absolute atomic E-state index is 6.09. The summed E-state index contributed by atoms with van der Waals surface area (Å²) in [5, 5.41) is 13.5. The Bertz CT molecular complexity index is 1120. The molecule has 2 aliphatic rings. The van der Waals surface area contributed by atoms with Gasteiger partial charge in [-0.1, -0.05) is 48.6 Å². The van der Waals surface area contributed by atoms with Crippen molar-refractivity contribution < 1.29 is 9.47 Å². The van der Waals surface area contributed by atoms with Gasteiger partial charge in [-0.3, -0.25) is 4.90 Å². The Labute approximate surface area is 188 Å². The Morgan fingerprint density at radius 1 is 1.06 bits per heavy atom. The number of ether oxygens (including phenoxy) is 2. The van der Waals surface area contributed by atoms with E-state index in [2.05, 4.69) is 46.9 Å². The SMILES string of the molecule is CC1CN(CC#CCOc2nn3c(-c4ccccc4)nnc3cc2C2CCC2)CC(C)O1. The number of morpholine rings is 1. The fourth-order valence-electron chi connectivity index (χ4n) is 4.46. The van der Waals surface area contributed by atoms with Crippen LogP contribution >= 0.6 is 0 Å². The van der Waals surface area contributed by atoms with E-state index in [9.17, 15) is 0 Å². The van der Waals surface area contributed by atoms with Crippen molar-refractivity contribution in [2.45, 2.75) is 51.2 Å². The van der Waals surface area contributed by atoms with Crippen molar-refractivity contribution in [3.63, 3.8) is 0 Å². The van der Waals surface area contributed by atoms with Crippen LogP contribution in [0.5, 0.6) is 5.88 Å². The first kappa shape index (κ1) is 20.9. The topological polar surface area (TPSA) is 64.8 Å². The Morgan fingerprint density at radius 3 is 2.56 bits per heavy atom. The molecule has 2 fully saturated rings. The highest BCUT2D eigenvalue weighted by atomic mass is 16.5. The summed E-state index contributed by atoms with van der Waals surface area (Å²) in [4.78, 5) is 2.33. The molecule has 5 rings (SSSR count). The number of hydrogen-bond donors (Lipinski definition) is 0. The van der Waals surface area contributed by atoms with E-state index in [0.29, 0.717) is 24.2 Å². The van der Waals surface area contributed by atoms with Crippen molar-refractivity contribution in [1.29, 1.82) is 0 Å². The summed E-state index contributed by atoms with van der Waals surface area (Å²) in [7, 11) is 0. The van der Waals surface area contributed by atoms with Crippen LogP contribution in [0.4, 0.5) is 0 Å². The second-order valence-electron chi connectivity index (χ2n) is 8.79. The van der Waals surface area contributed by atoms with Crippen LogP contribution in [-0.4, -0.2) is 63.2 Å². The first-order chi connectivity index (χ1) is 15.7. The minimum Gasteiger partial charge on any atom is -0.463 e. The number of fused-ring (bicyclic) bond motifs is 1. The number of hydrogen-bond acceptors (Lipinski definition) is 6. The molecule has 0 spiro atoms. The highest BCUT2D eigenvalue weighted by Crippen LogP contribution is 2.40. The largest absolute Gasteiger partial charge is 0.463 e. The van der Waals surface area contributed by atoms with Crippen LogP contribution in [0, 0.1) is 11.8 Å². The van der Waals surface area contributed by atoms with Crippen molar-refractivity contribution in [2.24, 2.45) is 0 Å². The van der Waals surface area contributed by atoms with Crippen LogP contribution in [0.2, 0.25) is 0 Å². The second-order valence-corrected chi connectivity index (χ2v) is 8.79. The molecular formula is C25H29N5O2. The monoisotopic (exact) mass is 431 g/mol. The quantitative estimate of drug-likeness (QED) is 0.576. The molecule has 3 aromatic rings. The standard InChI is InChI=1S/C25H29N5O2/c1-18-16-29(17-19(2)32-18)13-6-7-14-31-25-22(20-11-8-12-20)15-23-26-27-24(30(23)28-25)21-9-4-3-5-10-21/h3-5,9-10,15,18-20H,8,11-14,16-17H2,1-2H3. The minimum atomic E-state index is 0.250. The highest BCUT2D eigenvalue weighted by Gasteiger charge is 2.26. The first-order valence-corrected chi connectivity index (χ1v) is 11.5. The Morgan fingerprint density at radius 2 is 1.84 bits per heavy atom. The van der Waals surface area contributed by atoms with Gasteiger partial charge in [0, 0.05) is 24.2 Å². The summed E-state index contributed by atoms with van der Waals surface area (Å²) in [5.41, 5.74) is 2.84. The summed E-state index contributed by atoms with van der Waals surface area (Å²) in [6.45, 7) is 7.10. The Kier molecular flexibility index (Phi) is 6.06. The molecule has 7 heteroatoms. The van der Waals surface area contributed by atoms with Crippen molar-refractivity contribution in [3.8, 4) is 29.1 Å². The van der Waals surface area contributed by atoms with Crippen LogP contribution in [0.3, 0.4) is 0 Å². The average molecular weight is 432 g/mol. The van der Waals surface area contributed by atoms with Gasteiger partial charge in [0.05, 0.1) is 18.8 Å². The van der Waals surface area contributed by atoms with E-state index < -0.39 is 0 Å². The van der Waals surface area contributed by atoms with E-state index in [1.165, 1.54) is 6.42 Å². The minimum absolute atomic E-state index is 0.250. The summed E-state index contributed by atoms with van der Waals surface area (Å²) in [5.74, 6) is 8.25. The lowest BCUT2D eigenvalue weighted by atomic mass is 9.80. The number of benzene rings is 1. The molecule has 0 N–H and O–H groups in total. The number of nitrogens with zero attached hydrogens (tertiary/aromatic N) is 5. The van der Waals surface area contributed by atoms with Crippen LogP contribution in [0.15, 0.2) is 36.4 Å². The zero-order valence-corrected chi connectivity index (χ0v) is 18.7. The molecule has 2 atom stereocenters. The summed E-state index contributed by atoms with van der Waals surface area (Å²) >= 11 is 0. The molecule has 0 amide bonds. The van der Waals surface area contributed by atoms with Crippen molar-refractivity contribution >= 4 is 5.65 Å². The molecule has 0 radical (unpaired) electrons. The molecule has 3 heterocycles. The second kappa shape index (κ2) is 9.27. The van der Waals surface area contributed by atoms with Crippen molar-refractivity contribution in [3.05, 3.63) is 42.0 Å². The molecule has 32 heavy (non-hydrogen) atoms. The van der Waals surface area contributed by atoms with E-state index in [-0.39, 0.29) is 12.2 Å². The smallest absolute Gasteiger partial charge is 0.236 e. The fourth-order valence-corrected chi connectivity index (χ4v) is 4.46. The predicted molar refractivity (Wildman–Crippen MR) is 123 cm³/mol. The third-order valence-electron chi connectivity index (χ3n) is 6.17. The van der Waals surface area contributed by atoms with Gasteiger partial charge in [0.25, 0.3) is 0 Å². The zero-order valence-electron chi connectivity index (χ0n) is 18.7. The van der Waals surface area contributed by atoms with Crippen LogP contribution in [0.25, 0.3) is 17.0 Å². The lowest BCUT2D eigenvalue weighted by Gasteiger charge is -2.34. The molecular weight excluding hydrogens is 402 g/mol. The molecule has 2 unspecified atom stereocenters. The van der Waals surface area contributed by atoms with Crippen LogP contribution in [-0.2, 0) is 4.74 Å². The van der Waals surface area contributed by atoms with Crippen molar-refractivity contribution in [2.75, 3.05) is 26.2 Å². The molecule has 2 aromatic heterocycles. The molecule has 166 valence electrons. The van der Waals surface area contributed by atoms with Crippen LogP contribution in [0.1, 0.15) is 44.6 Å². The lowest BCUT2D eigenvalue weighted by molar-refractivity contribution is -0.0640. The van der Waals surface area contributed by atoms with Crippen molar-refractivity contribution in [1.82, 2.24) is 24.7 Å². The third-order valence-corrected chi connectivity index (χ3v) is 6.17. The van der Waals surface area contributed by atoms with Gasteiger partial charge in [0.1, 0.15) is 0 Å². The van der Waals surface area contributed by atoms with Gasteiger partial charge in [-0.05, 0) is 38.7 Å². The van der Waals surface area contributed by atoms with E-state index in [1.807, 2.05) is 30.3 Å². The summed E-state index contributed by atoms with van der Waals surface area (Å²) in [6.07, 6.45) is 4.06. The number of rotatable bonds is 5. The van der Waals surface area contributed by atoms with Gasteiger partial charge >= 0.3 is 0 Å². The Hall–Kier alpha value is -2.95. The molecule has 1 saturated heterocycles. The lowest BCUT2D eigenvalue weighted by Crippen LogP contribution is -2.45. The third kappa shape index (κ3) is 4.47. The van der Waals surface area contributed by atoms with E-state index in [1.54, 1.807) is 4.52 Å². The van der Waals surface area contributed by atoms with Gasteiger partial charge in [0.15, 0.2) is 18.1 Å². The predicted octanol–water partition coefficient (Wildman–Crippen LogP) is 3.55. The first-order valence-electron chi connectivity index (χ1n) is 11.5. The summed E-state index contributed by atoms with van der Waals surface area (Å²) < 4.78 is 13.7. The van der Waals surface area contributed by atoms with E-state index in [4.69, 9.17) is 14.6 Å². The molecule has 1 aliphatic heterocycles. The Balaban J connectivity index is 1.33. The van der Waals surface area contributed by atoms with Gasteiger partial charge in [-0.25, -0.2) is 0 Å². The molecule has 1 aliphatic carbocycles.